The van der Waals surface area contributed by atoms with Crippen molar-refractivity contribution in [1.29, 1.82) is 0 Å². The fraction of sp³-hybridized carbons (Fsp3) is 0.0833. The zero-order valence-corrected chi connectivity index (χ0v) is 12.6. The minimum Gasteiger partial charge on any atom is -0.461 e. The maximum Gasteiger partial charge on any atom is 0.299 e. The number of nitrogens with zero attached hydrogens (tertiary/aromatic N) is 7. The van der Waals surface area contributed by atoms with Gasteiger partial charge in [0.2, 0.25) is 16.8 Å². The van der Waals surface area contributed by atoms with E-state index in [1.807, 2.05) is 0 Å². The van der Waals surface area contributed by atoms with E-state index >= 15 is 0 Å². The number of rotatable bonds is 4. The van der Waals surface area contributed by atoms with Crippen LogP contribution in [0.5, 0.6) is 0 Å². The van der Waals surface area contributed by atoms with Gasteiger partial charge in [0.15, 0.2) is 11.4 Å². The van der Waals surface area contributed by atoms with Crippen LogP contribution in [0.4, 0.5) is 8.78 Å². The smallest absolute Gasteiger partial charge is 0.299 e. The minimum absolute atomic E-state index is 0.222. The third-order valence-electron chi connectivity index (χ3n) is 3.06. The van der Waals surface area contributed by atoms with E-state index in [0.717, 1.165) is 16.3 Å². The maximum atomic E-state index is 12.9. The molecule has 0 fully saturated rings. The molecule has 0 aliphatic carbocycles. The van der Waals surface area contributed by atoms with Gasteiger partial charge in [-0.3, -0.25) is 0 Å². The molecule has 0 spiro atoms. The molecule has 0 unspecified atom stereocenters. The molecule has 0 saturated carbocycles. The van der Waals surface area contributed by atoms with Gasteiger partial charge in [-0.25, -0.2) is 13.5 Å². The van der Waals surface area contributed by atoms with E-state index in [9.17, 15) is 8.78 Å². The van der Waals surface area contributed by atoms with Crippen molar-refractivity contribution in [2.45, 2.75) is 16.6 Å². The second-order valence-corrected chi connectivity index (χ2v) is 5.54. The molecule has 0 aliphatic heterocycles. The van der Waals surface area contributed by atoms with Crippen LogP contribution in [-0.4, -0.2) is 34.7 Å². The molecule has 12 heteroatoms. The summed E-state index contributed by atoms with van der Waals surface area (Å²) in [4.78, 5) is 0. The Bertz CT molecular complexity index is 996. The van der Waals surface area contributed by atoms with Crippen molar-refractivity contribution < 1.29 is 13.2 Å². The Hall–Kier alpha value is -3.02. The Morgan fingerprint density at radius 1 is 1.12 bits per heavy atom. The third-order valence-corrected chi connectivity index (χ3v) is 3.95. The van der Waals surface area contributed by atoms with Crippen LogP contribution >= 0.6 is 11.8 Å². The number of nitrogen functional groups attached to an aromatic ring is 1. The van der Waals surface area contributed by atoms with Crippen molar-refractivity contribution in [2.75, 3.05) is 5.84 Å². The highest BCUT2D eigenvalue weighted by Crippen LogP contribution is 2.27. The van der Waals surface area contributed by atoms with E-state index in [-0.39, 0.29) is 5.65 Å². The number of fused-ring (bicyclic) bond motifs is 1. The summed E-state index contributed by atoms with van der Waals surface area (Å²) in [5, 5.41) is 19.7. The van der Waals surface area contributed by atoms with Crippen LogP contribution in [-0.2, 0) is 0 Å². The molecule has 4 aromatic heterocycles. The Morgan fingerprint density at radius 3 is 2.75 bits per heavy atom. The van der Waals surface area contributed by atoms with E-state index in [1.54, 1.807) is 18.2 Å². The molecule has 9 nitrogen and oxygen atoms in total. The second kappa shape index (κ2) is 5.56. The molecule has 0 amide bonds. The summed E-state index contributed by atoms with van der Waals surface area (Å²) < 4.78 is 33.2. The highest BCUT2D eigenvalue weighted by Gasteiger charge is 2.19. The molecule has 0 aliphatic rings. The van der Waals surface area contributed by atoms with Gasteiger partial charge >= 0.3 is 0 Å². The van der Waals surface area contributed by atoms with Gasteiger partial charge in [-0.1, -0.05) is 0 Å². The number of halogens is 2. The zero-order chi connectivity index (χ0) is 16.7. The van der Waals surface area contributed by atoms with Crippen LogP contribution in [0, 0.1) is 0 Å². The molecular formula is C12H8F2N8OS. The Labute approximate surface area is 136 Å². The fourth-order valence-corrected chi connectivity index (χ4v) is 2.71. The minimum atomic E-state index is -2.78. The summed E-state index contributed by atoms with van der Waals surface area (Å²) in [5.74, 6) is 6.21. The lowest BCUT2D eigenvalue weighted by Gasteiger charge is -2.03. The van der Waals surface area contributed by atoms with Gasteiger partial charge in [0.25, 0.3) is 6.43 Å². The third kappa shape index (κ3) is 2.36. The molecule has 4 aromatic rings. The normalized spacial score (nSPS) is 11.6. The topological polar surface area (TPSA) is 113 Å². The number of hydrogen-bond donors (Lipinski definition) is 1. The molecule has 0 radical (unpaired) electrons. The van der Waals surface area contributed by atoms with Gasteiger partial charge in [-0.15, -0.1) is 20.4 Å². The summed E-state index contributed by atoms with van der Waals surface area (Å²) in [6.45, 7) is 0. The summed E-state index contributed by atoms with van der Waals surface area (Å²) in [6.07, 6.45) is -1.29. The lowest BCUT2D eigenvalue weighted by Crippen LogP contribution is -2.11. The number of nitrogens with two attached hydrogens (primary N) is 1. The second-order valence-electron chi connectivity index (χ2n) is 4.56. The fourth-order valence-electron chi connectivity index (χ4n) is 1.99. The predicted octanol–water partition coefficient (Wildman–Crippen LogP) is 1.78. The van der Waals surface area contributed by atoms with Gasteiger partial charge in [-0.05, 0) is 36.0 Å². The Kier molecular flexibility index (Phi) is 3.37. The highest BCUT2D eigenvalue weighted by molar-refractivity contribution is 7.99. The van der Waals surface area contributed by atoms with Crippen molar-refractivity contribution in [1.82, 2.24) is 34.7 Å². The van der Waals surface area contributed by atoms with Crippen LogP contribution in [0.2, 0.25) is 0 Å². The van der Waals surface area contributed by atoms with Crippen molar-refractivity contribution >= 4 is 17.4 Å². The van der Waals surface area contributed by atoms with Gasteiger partial charge < -0.3 is 10.3 Å². The summed E-state index contributed by atoms with van der Waals surface area (Å²) in [6, 6.07) is 6.52. The molecule has 0 bridgehead atoms. The van der Waals surface area contributed by atoms with Crippen LogP contribution in [0.25, 0.3) is 17.2 Å². The summed E-state index contributed by atoms with van der Waals surface area (Å²) in [7, 11) is 0. The molecule has 0 atom stereocenters. The van der Waals surface area contributed by atoms with E-state index in [4.69, 9.17) is 10.3 Å². The summed E-state index contributed by atoms with van der Waals surface area (Å²) >= 11 is 1.06. The van der Waals surface area contributed by atoms with Crippen molar-refractivity contribution in [3.8, 4) is 11.6 Å². The first-order valence-electron chi connectivity index (χ1n) is 6.56. The quantitative estimate of drug-likeness (QED) is 0.554. The number of hydrogen-bond acceptors (Lipinski definition) is 8. The van der Waals surface area contributed by atoms with Crippen LogP contribution in [0.1, 0.15) is 12.2 Å². The largest absolute Gasteiger partial charge is 0.461 e. The average molecular weight is 350 g/mol. The van der Waals surface area contributed by atoms with Crippen LogP contribution in [0.15, 0.2) is 45.1 Å². The van der Waals surface area contributed by atoms with E-state index in [1.165, 1.54) is 17.0 Å². The first kappa shape index (κ1) is 14.6. The molecule has 4 rings (SSSR count). The van der Waals surface area contributed by atoms with Gasteiger partial charge in [0.1, 0.15) is 5.03 Å². The Morgan fingerprint density at radius 2 is 2.00 bits per heavy atom. The van der Waals surface area contributed by atoms with E-state index in [2.05, 4.69) is 25.5 Å². The zero-order valence-electron chi connectivity index (χ0n) is 11.7. The molecule has 24 heavy (non-hydrogen) atoms. The Balaban J connectivity index is 1.68. The first-order valence-corrected chi connectivity index (χ1v) is 7.38. The van der Waals surface area contributed by atoms with Gasteiger partial charge in [0.05, 0.1) is 6.26 Å². The van der Waals surface area contributed by atoms with Crippen LogP contribution < -0.4 is 5.84 Å². The SMILES string of the molecule is Nn1c(Sc2ccc3nnc(C(F)F)n3n2)nnc1-c1ccco1. The number of furan rings is 1. The summed E-state index contributed by atoms with van der Waals surface area (Å²) in [5.41, 5.74) is 0.222. The molecule has 2 N–H and O–H groups in total. The standard InChI is InChI=1S/C12H8F2N8OS/c13-9(14)11-18-16-7-3-4-8(20-22(7)11)24-12-19-17-10(21(12)15)6-2-1-5-23-6/h1-5,9H,15H2. The molecule has 122 valence electrons. The van der Waals surface area contributed by atoms with Crippen molar-refractivity contribution in [3.05, 3.63) is 36.4 Å². The average Bonchev–Trinajstić information content (AvgIpc) is 3.28. The molecule has 0 saturated heterocycles. The first-order chi connectivity index (χ1) is 11.6. The molecular weight excluding hydrogens is 342 g/mol. The number of alkyl halides is 2. The molecule has 0 aromatic carbocycles. The van der Waals surface area contributed by atoms with E-state index < -0.39 is 12.2 Å². The lowest BCUT2D eigenvalue weighted by molar-refractivity contribution is 0.137. The van der Waals surface area contributed by atoms with Crippen molar-refractivity contribution in [2.24, 2.45) is 0 Å². The maximum absolute atomic E-state index is 12.9. The van der Waals surface area contributed by atoms with Gasteiger partial charge in [0, 0.05) is 0 Å². The highest BCUT2D eigenvalue weighted by atomic mass is 32.2. The van der Waals surface area contributed by atoms with Crippen LogP contribution in [0.3, 0.4) is 0 Å². The van der Waals surface area contributed by atoms with Crippen molar-refractivity contribution in [3.63, 3.8) is 0 Å². The molecule has 4 heterocycles. The van der Waals surface area contributed by atoms with Gasteiger partial charge in [-0.2, -0.15) is 9.61 Å². The predicted molar refractivity (Wildman–Crippen MR) is 77.7 cm³/mol. The number of aromatic nitrogens is 7. The van der Waals surface area contributed by atoms with E-state index in [0.29, 0.717) is 21.8 Å². The lowest BCUT2D eigenvalue weighted by atomic mass is 10.4. The monoisotopic (exact) mass is 350 g/mol.